The van der Waals surface area contributed by atoms with Crippen LogP contribution in [0.3, 0.4) is 0 Å². The third-order valence-electron chi connectivity index (χ3n) is 3.20. The van der Waals surface area contributed by atoms with E-state index >= 15 is 0 Å². The predicted molar refractivity (Wildman–Crippen MR) is 86.5 cm³/mol. The van der Waals surface area contributed by atoms with Crippen LogP contribution in [0.25, 0.3) is 5.69 Å². The molecule has 0 spiro atoms. The molecular formula is C15H19ClN4O2. The van der Waals surface area contributed by atoms with Gasteiger partial charge in [0.25, 0.3) is 0 Å². The zero-order valence-corrected chi connectivity index (χ0v) is 13.0. The van der Waals surface area contributed by atoms with Crippen molar-refractivity contribution < 1.29 is 9.90 Å². The van der Waals surface area contributed by atoms with Gasteiger partial charge in [0.2, 0.25) is 0 Å². The van der Waals surface area contributed by atoms with Crippen LogP contribution in [0.1, 0.15) is 19.8 Å². The third-order valence-corrected chi connectivity index (χ3v) is 3.51. The molecule has 0 bridgehead atoms. The molecule has 22 heavy (non-hydrogen) atoms. The molecule has 2 aromatic rings. The van der Waals surface area contributed by atoms with Crippen molar-refractivity contribution in [1.82, 2.24) is 15.1 Å². The Morgan fingerprint density at radius 2 is 2.27 bits per heavy atom. The Bertz CT molecular complexity index is 616. The number of nitrogens with zero attached hydrogens (tertiary/aromatic N) is 2. The maximum Gasteiger partial charge on any atom is 0.319 e. The van der Waals surface area contributed by atoms with Gasteiger partial charge in [0.15, 0.2) is 0 Å². The number of hydrogen-bond donors (Lipinski definition) is 3. The summed E-state index contributed by atoms with van der Waals surface area (Å²) in [7, 11) is 0. The molecular weight excluding hydrogens is 304 g/mol. The average Bonchev–Trinajstić information content (AvgIpc) is 3.01. The topological polar surface area (TPSA) is 79.2 Å². The van der Waals surface area contributed by atoms with Crippen molar-refractivity contribution in [2.75, 3.05) is 11.9 Å². The maximum absolute atomic E-state index is 11.9. The van der Waals surface area contributed by atoms with Gasteiger partial charge in [-0.15, -0.1) is 0 Å². The summed E-state index contributed by atoms with van der Waals surface area (Å²) < 4.78 is 1.60. The van der Waals surface area contributed by atoms with Gasteiger partial charge in [-0.2, -0.15) is 5.10 Å². The number of benzene rings is 1. The highest BCUT2D eigenvalue weighted by molar-refractivity contribution is 6.33. The van der Waals surface area contributed by atoms with E-state index in [1.807, 2.05) is 6.92 Å². The van der Waals surface area contributed by atoms with Crippen LogP contribution in [0.2, 0.25) is 5.02 Å². The lowest BCUT2D eigenvalue weighted by Crippen LogP contribution is -2.31. The molecule has 1 aromatic heterocycles. The third kappa shape index (κ3) is 4.22. The van der Waals surface area contributed by atoms with Crippen LogP contribution in [0, 0.1) is 0 Å². The lowest BCUT2D eigenvalue weighted by atomic mass is 10.2. The van der Waals surface area contributed by atoms with Gasteiger partial charge in [0.05, 0.1) is 16.8 Å². The molecule has 0 aliphatic heterocycles. The molecule has 1 aromatic carbocycles. The van der Waals surface area contributed by atoms with Crippen molar-refractivity contribution >= 4 is 23.3 Å². The number of aliphatic hydroxyl groups is 1. The first-order valence-electron chi connectivity index (χ1n) is 7.13. The second-order valence-electron chi connectivity index (χ2n) is 4.82. The summed E-state index contributed by atoms with van der Waals surface area (Å²) in [6, 6.07) is 6.67. The van der Waals surface area contributed by atoms with Crippen LogP contribution in [0.15, 0.2) is 36.7 Å². The van der Waals surface area contributed by atoms with Crippen molar-refractivity contribution in [1.29, 1.82) is 0 Å². The minimum atomic E-state index is -0.397. The fourth-order valence-corrected chi connectivity index (χ4v) is 2.23. The standard InChI is InChI=1S/C15H19ClN4O2/c1-2-11(21)7-9-17-15(22)19-13-6-3-5-12(16)14(13)20-10-4-8-18-20/h3-6,8,10-11,21H,2,7,9H2,1H3,(H2,17,19,22). The number of nitrogens with one attached hydrogen (secondary N) is 2. The Morgan fingerprint density at radius 3 is 2.95 bits per heavy atom. The minimum absolute atomic E-state index is 0.348. The highest BCUT2D eigenvalue weighted by atomic mass is 35.5. The summed E-state index contributed by atoms with van der Waals surface area (Å²) in [4.78, 5) is 11.9. The number of hydrogen-bond acceptors (Lipinski definition) is 3. The van der Waals surface area contributed by atoms with E-state index in [1.54, 1.807) is 41.3 Å². The SMILES string of the molecule is CCC(O)CCNC(=O)Nc1cccc(Cl)c1-n1cccn1. The Morgan fingerprint density at radius 1 is 1.45 bits per heavy atom. The molecule has 2 amide bonds. The number of aromatic nitrogens is 2. The Labute approximate surface area is 134 Å². The van der Waals surface area contributed by atoms with E-state index in [0.29, 0.717) is 35.8 Å². The average molecular weight is 323 g/mol. The molecule has 0 aliphatic carbocycles. The molecule has 7 heteroatoms. The molecule has 1 atom stereocenters. The maximum atomic E-state index is 11.9. The summed E-state index contributed by atoms with van der Waals surface area (Å²) in [5.74, 6) is 0. The van der Waals surface area contributed by atoms with E-state index < -0.39 is 6.10 Å². The van der Waals surface area contributed by atoms with E-state index in [0.717, 1.165) is 0 Å². The smallest absolute Gasteiger partial charge is 0.319 e. The summed E-state index contributed by atoms with van der Waals surface area (Å²) in [5.41, 5.74) is 1.17. The molecule has 0 saturated heterocycles. The van der Waals surface area contributed by atoms with E-state index in [1.165, 1.54) is 0 Å². The number of amides is 2. The van der Waals surface area contributed by atoms with Gasteiger partial charge < -0.3 is 15.7 Å². The van der Waals surface area contributed by atoms with Gasteiger partial charge in [-0.1, -0.05) is 24.6 Å². The van der Waals surface area contributed by atoms with Crippen molar-refractivity contribution in [2.24, 2.45) is 0 Å². The van der Waals surface area contributed by atoms with Gasteiger partial charge in [-0.3, -0.25) is 0 Å². The van der Waals surface area contributed by atoms with Crippen LogP contribution in [-0.4, -0.2) is 33.6 Å². The predicted octanol–water partition coefficient (Wildman–Crippen LogP) is 2.81. The highest BCUT2D eigenvalue weighted by Gasteiger charge is 2.12. The summed E-state index contributed by atoms with van der Waals surface area (Å²) in [6.45, 7) is 2.30. The van der Waals surface area contributed by atoms with Crippen molar-refractivity contribution in [3.8, 4) is 5.69 Å². The van der Waals surface area contributed by atoms with Gasteiger partial charge in [-0.05, 0) is 31.0 Å². The first-order valence-corrected chi connectivity index (χ1v) is 7.51. The molecule has 1 unspecified atom stereocenters. The molecule has 0 aliphatic rings. The van der Waals surface area contributed by atoms with Crippen LogP contribution >= 0.6 is 11.6 Å². The number of carbonyl (C=O) groups excluding carboxylic acids is 1. The van der Waals surface area contributed by atoms with Gasteiger partial charge in [-0.25, -0.2) is 9.48 Å². The lowest BCUT2D eigenvalue weighted by Gasteiger charge is -2.14. The number of aliphatic hydroxyl groups excluding tert-OH is 1. The molecule has 118 valence electrons. The molecule has 3 N–H and O–H groups in total. The molecule has 1 heterocycles. The van der Waals surface area contributed by atoms with Gasteiger partial charge in [0, 0.05) is 18.9 Å². The number of para-hydroxylation sites is 1. The van der Waals surface area contributed by atoms with Crippen molar-refractivity contribution in [3.05, 3.63) is 41.7 Å². The number of urea groups is 1. The lowest BCUT2D eigenvalue weighted by molar-refractivity contribution is 0.160. The van der Waals surface area contributed by atoms with Crippen LogP contribution in [0.4, 0.5) is 10.5 Å². The summed E-state index contributed by atoms with van der Waals surface area (Å²) in [6.07, 6.45) is 4.18. The molecule has 0 fully saturated rings. The van der Waals surface area contributed by atoms with Crippen LogP contribution in [-0.2, 0) is 0 Å². The fourth-order valence-electron chi connectivity index (χ4n) is 1.97. The Balaban J connectivity index is 2.04. The quantitative estimate of drug-likeness (QED) is 0.765. The van der Waals surface area contributed by atoms with Crippen LogP contribution < -0.4 is 10.6 Å². The van der Waals surface area contributed by atoms with Gasteiger partial charge >= 0.3 is 6.03 Å². The van der Waals surface area contributed by atoms with E-state index in [4.69, 9.17) is 11.6 Å². The van der Waals surface area contributed by atoms with Crippen molar-refractivity contribution in [2.45, 2.75) is 25.9 Å². The molecule has 6 nitrogen and oxygen atoms in total. The second kappa shape index (κ2) is 7.82. The number of anilines is 1. The number of carbonyl (C=O) groups is 1. The van der Waals surface area contributed by atoms with E-state index in [2.05, 4.69) is 15.7 Å². The summed E-state index contributed by atoms with van der Waals surface area (Å²) >= 11 is 6.20. The zero-order chi connectivity index (χ0) is 15.9. The van der Waals surface area contributed by atoms with E-state index in [-0.39, 0.29) is 6.03 Å². The van der Waals surface area contributed by atoms with Gasteiger partial charge in [0.1, 0.15) is 5.69 Å². The Hall–Kier alpha value is -2.05. The number of rotatable bonds is 6. The largest absolute Gasteiger partial charge is 0.393 e. The second-order valence-corrected chi connectivity index (χ2v) is 5.23. The minimum Gasteiger partial charge on any atom is -0.393 e. The monoisotopic (exact) mass is 322 g/mol. The fraction of sp³-hybridized carbons (Fsp3) is 0.333. The van der Waals surface area contributed by atoms with Crippen molar-refractivity contribution in [3.63, 3.8) is 0 Å². The van der Waals surface area contributed by atoms with Crippen LogP contribution in [0.5, 0.6) is 0 Å². The highest BCUT2D eigenvalue weighted by Crippen LogP contribution is 2.27. The number of halogens is 1. The Kier molecular flexibility index (Phi) is 5.80. The molecule has 0 radical (unpaired) electrons. The first-order chi connectivity index (χ1) is 10.6. The first kappa shape index (κ1) is 16.3. The summed E-state index contributed by atoms with van der Waals surface area (Å²) in [5, 5.41) is 19.6. The normalized spacial score (nSPS) is 12.0. The zero-order valence-electron chi connectivity index (χ0n) is 12.3. The molecule has 2 rings (SSSR count). The van der Waals surface area contributed by atoms with E-state index in [9.17, 15) is 9.90 Å². The molecule has 0 saturated carbocycles.